The van der Waals surface area contributed by atoms with Crippen molar-refractivity contribution in [3.63, 3.8) is 0 Å². The summed E-state index contributed by atoms with van der Waals surface area (Å²) in [6.07, 6.45) is 1.09. The number of nitrogens with one attached hydrogen (secondary N) is 1. The number of hydrogen-bond acceptors (Lipinski definition) is 4. The lowest BCUT2D eigenvalue weighted by molar-refractivity contribution is 0.210. The van der Waals surface area contributed by atoms with Gasteiger partial charge in [-0.3, -0.25) is 0 Å². The van der Waals surface area contributed by atoms with Gasteiger partial charge in [0.25, 0.3) is 0 Å². The SMILES string of the molecule is CS(=O)(=O)c1ccc(C2CNc3ccccc3O2)cc1. The van der Waals surface area contributed by atoms with Gasteiger partial charge in [-0.2, -0.15) is 0 Å². The first kappa shape index (κ1) is 13.0. The summed E-state index contributed by atoms with van der Waals surface area (Å²) in [5.41, 5.74) is 1.94. The minimum absolute atomic E-state index is 0.112. The zero-order chi connectivity index (χ0) is 14.2. The first-order valence-electron chi connectivity index (χ1n) is 6.33. The molecule has 1 heterocycles. The van der Waals surface area contributed by atoms with Crippen LogP contribution in [0.15, 0.2) is 53.4 Å². The van der Waals surface area contributed by atoms with Crippen LogP contribution in [0.5, 0.6) is 5.75 Å². The minimum atomic E-state index is -3.16. The fourth-order valence-corrected chi connectivity index (χ4v) is 2.86. The second-order valence-corrected chi connectivity index (χ2v) is 6.84. The van der Waals surface area contributed by atoms with Crippen LogP contribution in [0.25, 0.3) is 0 Å². The van der Waals surface area contributed by atoms with E-state index >= 15 is 0 Å². The molecule has 1 unspecified atom stereocenters. The number of benzene rings is 2. The Morgan fingerprint density at radius 2 is 1.80 bits per heavy atom. The maximum Gasteiger partial charge on any atom is 0.175 e. The van der Waals surface area contributed by atoms with Crippen LogP contribution in [0.2, 0.25) is 0 Å². The van der Waals surface area contributed by atoms with Crippen molar-refractivity contribution in [2.45, 2.75) is 11.0 Å². The fourth-order valence-electron chi connectivity index (χ4n) is 2.23. The van der Waals surface area contributed by atoms with Gasteiger partial charge in [0.1, 0.15) is 11.9 Å². The molecule has 0 saturated heterocycles. The summed E-state index contributed by atoms with van der Waals surface area (Å²) in [4.78, 5) is 0.324. The fraction of sp³-hybridized carbons (Fsp3) is 0.200. The Hall–Kier alpha value is -2.01. The van der Waals surface area contributed by atoms with Crippen LogP contribution in [0.4, 0.5) is 5.69 Å². The van der Waals surface area contributed by atoms with Crippen molar-refractivity contribution in [2.75, 3.05) is 18.1 Å². The maximum atomic E-state index is 11.4. The Kier molecular flexibility index (Phi) is 3.14. The monoisotopic (exact) mass is 289 g/mol. The van der Waals surface area contributed by atoms with Gasteiger partial charge >= 0.3 is 0 Å². The van der Waals surface area contributed by atoms with E-state index in [9.17, 15) is 8.42 Å². The molecule has 2 aromatic rings. The van der Waals surface area contributed by atoms with Gasteiger partial charge in [0.15, 0.2) is 9.84 Å². The number of para-hydroxylation sites is 2. The normalized spacial score (nSPS) is 17.8. The van der Waals surface area contributed by atoms with Crippen LogP contribution in [-0.2, 0) is 9.84 Å². The van der Waals surface area contributed by atoms with Crippen LogP contribution in [0, 0.1) is 0 Å². The molecule has 0 bridgehead atoms. The van der Waals surface area contributed by atoms with Crippen LogP contribution < -0.4 is 10.1 Å². The van der Waals surface area contributed by atoms with Crippen molar-refractivity contribution < 1.29 is 13.2 Å². The lowest BCUT2D eigenvalue weighted by Gasteiger charge is -2.27. The van der Waals surface area contributed by atoms with E-state index in [0.29, 0.717) is 11.4 Å². The topological polar surface area (TPSA) is 55.4 Å². The molecule has 0 saturated carbocycles. The van der Waals surface area contributed by atoms with Gasteiger partial charge in [0.2, 0.25) is 0 Å². The number of hydrogen-bond donors (Lipinski definition) is 1. The van der Waals surface area contributed by atoms with Crippen LogP contribution in [-0.4, -0.2) is 21.2 Å². The van der Waals surface area contributed by atoms with Gasteiger partial charge in [-0.25, -0.2) is 8.42 Å². The molecule has 0 fully saturated rings. The summed E-state index contributed by atoms with van der Waals surface area (Å²) in [7, 11) is -3.16. The standard InChI is InChI=1S/C15H15NO3S/c1-20(17,18)12-8-6-11(7-9-12)15-10-16-13-4-2-3-5-14(13)19-15/h2-9,15-16H,10H2,1H3. The van der Waals surface area contributed by atoms with Gasteiger partial charge in [-0.05, 0) is 29.8 Å². The van der Waals surface area contributed by atoms with Crippen LogP contribution in [0.3, 0.4) is 0 Å². The molecular formula is C15H15NO3S. The lowest BCUT2D eigenvalue weighted by Crippen LogP contribution is -2.23. The first-order chi connectivity index (χ1) is 9.54. The van der Waals surface area contributed by atoms with E-state index < -0.39 is 9.84 Å². The lowest BCUT2D eigenvalue weighted by atomic mass is 10.1. The molecule has 0 aromatic heterocycles. The van der Waals surface area contributed by atoms with Crippen molar-refractivity contribution >= 4 is 15.5 Å². The summed E-state index contributed by atoms with van der Waals surface area (Å²) in [5, 5.41) is 3.31. The van der Waals surface area contributed by atoms with E-state index in [-0.39, 0.29) is 6.10 Å². The van der Waals surface area contributed by atoms with E-state index in [4.69, 9.17) is 4.74 Å². The largest absolute Gasteiger partial charge is 0.482 e. The smallest absolute Gasteiger partial charge is 0.175 e. The van der Waals surface area contributed by atoms with Gasteiger partial charge in [0, 0.05) is 6.26 Å². The van der Waals surface area contributed by atoms with Crippen molar-refractivity contribution in [1.29, 1.82) is 0 Å². The Morgan fingerprint density at radius 3 is 2.50 bits per heavy atom. The molecule has 1 atom stereocenters. The number of fused-ring (bicyclic) bond motifs is 1. The summed E-state index contributed by atoms with van der Waals surface area (Å²) in [6.45, 7) is 0.662. The average Bonchev–Trinajstić information content (AvgIpc) is 2.46. The second-order valence-electron chi connectivity index (χ2n) is 4.82. The number of sulfone groups is 1. The average molecular weight is 289 g/mol. The molecule has 0 aliphatic carbocycles. The summed E-state index contributed by atoms with van der Waals surface area (Å²) >= 11 is 0. The Morgan fingerprint density at radius 1 is 1.10 bits per heavy atom. The first-order valence-corrected chi connectivity index (χ1v) is 8.23. The van der Waals surface area contributed by atoms with Gasteiger partial charge in [0.05, 0.1) is 17.1 Å². The molecule has 4 nitrogen and oxygen atoms in total. The molecule has 0 amide bonds. The molecule has 2 aromatic carbocycles. The summed E-state index contributed by atoms with van der Waals surface area (Å²) in [6, 6.07) is 14.6. The zero-order valence-electron chi connectivity index (χ0n) is 11.0. The van der Waals surface area contributed by atoms with Crippen LogP contribution in [0.1, 0.15) is 11.7 Å². The number of anilines is 1. The molecule has 104 valence electrons. The second kappa shape index (κ2) is 4.83. The zero-order valence-corrected chi connectivity index (χ0v) is 11.9. The maximum absolute atomic E-state index is 11.4. The molecule has 3 rings (SSSR count). The molecule has 20 heavy (non-hydrogen) atoms. The predicted octanol–water partition coefficient (Wildman–Crippen LogP) is 2.64. The Bertz CT molecular complexity index is 723. The Labute approximate surface area is 118 Å². The van der Waals surface area contributed by atoms with Crippen molar-refractivity contribution in [2.24, 2.45) is 0 Å². The highest BCUT2D eigenvalue weighted by Gasteiger charge is 2.20. The summed E-state index contributed by atoms with van der Waals surface area (Å²) < 4.78 is 28.8. The molecular weight excluding hydrogens is 274 g/mol. The Balaban J connectivity index is 1.85. The number of ether oxygens (including phenoxy) is 1. The van der Waals surface area contributed by atoms with Crippen molar-refractivity contribution in [1.82, 2.24) is 0 Å². The van der Waals surface area contributed by atoms with E-state index in [2.05, 4.69) is 5.32 Å². The summed E-state index contributed by atoms with van der Waals surface area (Å²) in [5.74, 6) is 0.816. The van der Waals surface area contributed by atoms with E-state index in [0.717, 1.165) is 17.0 Å². The molecule has 0 spiro atoms. The molecule has 5 heteroatoms. The molecule has 1 aliphatic rings. The highest BCUT2D eigenvalue weighted by atomic mass is 32.2. The van der Waals surface area contributed by atoms with E-state index in [1.807, 2.05) is 24.3 Å². The molecule has 1 N–H and O–H groups in total. The quantitative estimate of drug-likeness (QED) is 0.923. The van der Waals surface area contributed by atoms with Crippen LogP contribution >= 0.6 is 0 Å². The van der Waals surface area contributed by atoms with E-state index in [1.54, 1.807) is 24.3 Å². The molecule has 0 radical (unpaired) electrons. The van der Waals surface area contributed by atoms with Gasteiger partial charge in [-0.15, -0.1) is 0 Å². The van der Waals surface area contributed by atoms with Gasteiger partial charge < -0.3 is 10.1 Å². The highest BCUT2D eigenvalue weighted by Crippen LogP contribution is 2.33. The minimum Gasteiger partial charge on any atom is -0.482 e. The third-order valence-electron chi connectivity index (χ3n) is 3.31. The number of rotatable bonds is 2. The van der Waals surface area contributed by atoms with Crippen molar-refractivity contribution in [3.8, 4) is 5.75 Å². The van der Waals surface area contributed by atoms with Crippen molar-refractivity contribution in [3.05, 3.63) is 54.1 Å². The predicted molar refractivity (Wildman–Crippen MR) is 77.9 cm³/mol. The van der Waals surface area contributed by atoms with E-state index in [1.165, 1.54) is 6.26 Å². The van der Waals surface area contributed by atoms with Gasteiger partial charge in [-0.1, -0.05) is 24.3 Å². The third kappa shape index (κ3) is 2.49. The highest BCUT2D eigenvalue weighted by molar-refractivity contribution is 7.90. The third-order valence-corrected chi connectivity index (χ3v) is 4.44. The molecule has 1 aliphatic heterocycles.